The molecule has 29 heavy (non-hydrogen) atoms. The van der Waals surface area contributed by atoms with Gasteiger partial charge in [0, 0.05) is 20.7 Å². The molecule has 0 fully saturated rings. The molecule has 1 aliphatic heterocycles. The highest BCUT2D eigenvalue weighted by Crippen LogP contribution is 2.36. The molecule has 4 rings (SSSR count). The summed E-state index contributed by atoms with van der Waals surface area (Å²) >= 11 is 9.30. The van der Waals surface area contributed by atoms with Crippen LogP contribution in [0, 0.1) is 0 Å². The van der Waals surface area contributed by atoms with Crippen molar-refractivity contribution in [1.29, 1.82) is 0 Å². The van der Waals surface area contributed by atoms with E-state index in [0.29, 0.717) is 22.4 Å². The van der Waals surface area contributed by atoms with Crippen molar-refractivity contribution in [3.05, 3.63) is 63.9 Å². The lowest BCUT2D eigenvalue weighted by atomic mass is 10.0. The van der Waals surface area contributed by atoms with E-state index in [2.05, 4.69) is 36.6 Å². The number of halogens is 2. The van der Waals surface area contributed by atoms with Crippen LogP contribution in [0.25, 0.3) is 0 Å². The summed E-state index contributed by atoms with van der Waals surface area (Å²) in [5, 5.41) is 10.2. The number of amides is 2. The number of aromatic nitrogens is 3. The molecule has 0 spiro atoms. The molecule has 1 aliphatic rings. The minimum atomic E-state index is -0.395. The van der Waals surface area contributed by atoms with Crippen molar-refractivity contribution in [3.63, 3.8) is 0 Å². The van der Waals surface area contributed by atoms with E-state index < -0.39 is 6.04 Å². The molecule has 2 aromatic carbocycles. The highest BCUT2D eigenvalue weighted by atomic mass is 79.9. The molecule has 0 radical (unpaired) electrons. The second kappa shape index (κ2) is 8.22. The second-order valence-electron chi connectivity index (χ2n) is 6.32. The van der Waals surface area contributed by atoms with Gasteiger partial charge < -0.3 is 10.1 Å². The van der Waals surface area contributed by atoms with Crippen LogP contribution < -0.4 is 15.4 Å². The molecule has 8 nitrogen and oxygen atoms in total. The number of rotatable bonds is 5. The Kier molecular flexibility index (Phi) is 5.50. The number of hydrogen-bond acceptors (Lipinski definition) is 5. The maximum atomic E-state index is 12.3. The van der Waals surface area contributed by atoms with Gasteiger partial charge in [0.2, 0.25) is 11.9 Å². The summed E-state index contributed by atoms with van der Waals surface area (Å²) in [4.78, 5) is 28.4. The number of nitrogens with one attached hydrogen (secondary N) is 2. The van der Waals surface area contributed by atoms with Crippen LogP contribution in [0.4, 0.5) is 11.6 Å². The van der Waals surface area contributed by atoms with Crippen LogP contribution in [0.1, 0.15) is 18.0 Å². The summed E-state index contributed by atoms with van der Waals surface area (Å²) < 4.78 is 8.22. The van der Waals surface area contributed by atoms with E-state index >= 15 is 0 Å². The fraction of sp³-hybridized carbons (Fsp3) is 0.158. The number of carbonyl (C=O) groups is 2. The van der Waals surface area contributed by atoms with Crippen LogP contribution >= 0.6 is 27.5 Å². The molecule has 0 bridgehead atoms. The molecule has 2 N–H and O–H groups in total. The Balaban J connectivity index is 1.53. The first-order chi connectivity index (χ1) is 14.0. The Bertz CT molecular complexity index is 1070. The first-order valence-electron chi connectivity index (χ1n) is 8.66. The van der Waals surface area contributed by atoms with E-state index in [9.17, 15) is 9.59 Å². The quantitative estimate of drug-likeness (QED) is 0.586. The van der Waals surface area contributed by atoms with Gasteiger partial charge in [-0.1, -0.05) is 27.5 Å². The van der Waals surface area contributed by atoms with Gasteiger partial charge in [0.05, 0.1) is 12.5 Å². The molecule has 2 amide bonds. The molecule has 1 unspecified atom stereocenters. The van der Waals surface area contributed by atoms with Gasteiger partial charge in [0.25, 0.3) is 5.91 Å². The van der Waals surface area contributed by atoms with E-state index in [1.54, 1.807) is 41.1 Å². The third kappa shape index (κ3) is 4.41. The molecule has 148 valence electrons. The lowest BCUT2D eigenvalue weighted by Gasteiger charge is -2.25. The van der Waals surface area contributed by atoms with E-state index in [4.69, 9.17) is 16.3 Å². The lowest BCUT2D eigenvalue weighted by molar-refractivity contribution is -0.118. The normalized spacial score (nSPS) is 15.4. The molecule has 0 saturated carbocycles. The number of nitrogens with zero attached hydrogens (tertiary/aromatic N) is 3. The average Bonchev–Trinajstić information content (AvgIpc) is 3.16. The number of ether oxygens (including phenoxy) is 1. The lowest BCUT2D eigenvalue weighted by Crippen LogP contribution is -2.30. The van der Waals surface area contributed by atoms with Crippen molar-refractivity contribution in [2.45, 2.75) is 12.5 Å². The topological polar surface area (TPSA) is 98.1 Å². The van der Waals surface area contributed by atoms with Crippen LogP contribution in [0.3, 0.4) is 0 Å². The van der Waals surface area contributed by atoms with Gasteiger partial charge in [0.1, 0.15) is 12.1 Å². The van der Waals surface area contributed by atoms with Crippen molar-refractivity contribution >= 4 is 51.0 Å². The Hall–Kier alpha value is -2.91. The zero-order chi connectivity index (χ0) is 20.4. The van der Waals surface area contributed by atoms with E-state index in [-0.39, 0.29) is 24.8 Å². The fourth-order valence-corrected chi connectivity index (χ4v) is 3.54. The third-order valence-corrected chi connectivity index (χ3v) is 5.06. The first kappa shape index (κ1) is 19.4. The first-order valence-corrected chi connectivity index (χ1v) is 9.84. The third-order valence-electron chi connectivity index (χ3n) is 4.32. The average molecular weight is 477 g/mol. The minimum absolute atomic E-state index is 0.165. The van der Waals surface area contributed by atoms with Crippen LogP contribution in [0.15, 0.2) is 53.3 Å². The van der Waals surface area contributed by atoms with Gasteiger partial charge in [0.15, 0.2) is 6.61 Å². The largest absolute Gasteiger partial charge is 0.483 e. The molecule has 0 aliphatic carbocycles. The standard InChI is InChI=1S/C19H15BrClN5O3/c20-11-1-6-16(29-9-18(28)24-13-4-2-12(21)3-5-13)14(7-11)15-8-17(27)25-19-22-10-23-26(15)19/h1-7,10,15H,8-9H2,(H,24,28)(H,22,23,25,27). The molecule has 1 atom stereocenters. The molecular weight excluding hydrogens is 462 g/mol. The van der Waals surface area contributed by atoms with Gasteiger partial charge >= 0.3 is 0 Å². The second-order valence-corrected chi connectivity index (χ2v) is 7.67. The number of carbonyl (C=O) groups excluding carboxylic acids is 2. The Morgan fingerprint density at radius 1 is 1.31 bits per heavy atom. The summed E-state index contributed by atoms with van der Waals surface area (Å²) in [5.41, 5.74) is 1.34. The number of benzene rings is 2. The predicted octanol–water partition coefficient (Wildman–Crippen LogP) is 3.64. The molecule has 3 aromatic rings. The van der Waals surface area contributed by atoms with Crippen LogP contribution in [-0.2, 0) is 9.59 Å². The Morgan fingerprint density at radius 3 is 2.90 bits per heavy atom. The van der Waals surface area contributed by atoms with Crippen LogP contribution in [0.5, 0.6) is 5.75 Å². The van der Waals surface area contributed by atoms with Crippen molar-refractivity contribution in [2.75, 3.05) is 17.2 Å². The molecule has 0 saturated heterocycles. The number of fused-ring (bicyclic) bond motifs is 1. The predicted molar refractivity (Wildman–Crippen MR) is 111 cm³/mol. The highest BCUT2D eigenvalue weighted by Gasteiger charge is 2.30. The molecular formula is C19H15BrClN5O3. The zero-order valence-corrected chi connectivity index (χ0v) is 17.3. The maximum Gasteiger partial charge on any atom is 0.262 e. The highest BCUT2D eigenvalue weighted by molar-refractivity contribution is 9.10. The SMILES string of the molecule is O=C(COc1ccc(Br)cc1C1CC(=O)Nc2ncnn21)Nc1ccc(Cl)cc1. The number of anilines is 2. The van der Waals surface area contributed by atoms with E-state index in [0.717, 1.165) is 10.0 Å². The van der Waals surface area contributed by atoms with Crippen LogP contribution in [0.2, 0.25) is 5.02 Å². The van der Waals surface area contributed by atoms with Crippen molar-refractivity contribution in [1.82, 2.24) is 14.8 Å². The Morgan fingerprint density at radius 2 is 2.10 bits per heavy atom. The fourth-order valence-electron chi connectivity index (χ4n) is 3.03. The monoisotopic (exact) mass is 475 g/mol. The van der Waals surface area contributed by atoms with Gasteiger partial charge in [-0.3, -0.25) is 14.9 Å². The number of hydrogen-bond donors (Lipinski definition) is 2. The molecule has 10 heteroatoms. The summed E-state index contributed by atoms with van der Waals surface area (Å²) in [6.45, 7) is -0.194. The zero-order valence-electron chi connectivity index (χ0n) is 14.9. The summed E-state index contributed by atoms with van der Waals surface area (Å²) in [5.74, 6) is 0.379. The maximum absolute atomic E-state index is 12.3. The smallest absolute Gasteiger partial charge is 0.262 e. The van der Waals surface area contributed by atoms with Crippen molar-refractivity contribution in [2.24, 2.45) is 0 Å². The van der Waals surface area contributed by atoms with Crippen molar-refractivity contribution in [3.8, 4) is 5.75 Å². The summed E-state index contributed by atoms with van der Waals surface area (Å²) in [6.07, 6.45) is 1.56. The van der Waals surface area contributed by atoms with Crippen LogP contribution in [-0.4, -0.2) is 33.2 Å². The summed E-state index contributed by atoms with van der Waals surface area (Å²) in [7, 11) is 0. The van der Waals surface area contributed by atoms with Gasteiger partial charge in [-0.05, 0) is 42.5 Å². The van der Waals surface area contributed by atoms with Gasteiger partial charge in [-0.2, -0.15) is 10.1 Å². The van der Waals surface area contributed by atoms with Gasteiger partial charge in [-0.15, -0.1) is 0 Å². The molecule has 2 heterocycles. The minimum Gasteiger partial charge on any atom is -0.483 e. The van der Waals surface area contributed by atoms with E-state index in [1.165, 1.54) is 6.33 Å². The summed E-state index contributed by atoms with van der Waals surface area (Å²) in [6, 6.07) is 11.8. The van der Waals surface area contributed by atoms with Crippen molar-refractivity contribution < 1.29 is 14.3 Å². The molecule has 1 aromatic heterocycles. The Labute approximate surface area is 179 Å². The van der Waals surface area contributed by atoms with E-state index in [1.807, 2.05) is 6.07 Å². The van der Waals surface area contributed by atoms with Gasteiger partial charge in [-0.25, -0.2) is 4.68 Å².